The quantitative estimate of drug-likeness (QED) is 0.543. The van der Waals surface area contributed by atoms with E-state index in [1.54, 1.807) is 0 Å². The van der Waals surface area contributed by atoms with Crippen LogP contribution >= 0.6 is 0 Å². The van der Waals surface area contributed by atoms with E-state index in [2.05, 4.69) is 60.7 Å². The van der Waals surface area contributed by atoms with Crippen LogP contribution < -0.4 is 0 Å². The number of aromatic nitrogens is 1. The van der Waals surface area contributed by atoms with Crippen molar-refractivity contribution in [1.29, 1.82) is 0 Å². The smallest absolute Gasteiger partial charge is 0.0486 e. The molecule has 0 saturated heterocycles. The molecule has 1 heterocycles. The van der Waals surface area contributed by atoms with Crippen molar-refractivity contribution in [1.82, 2.24) is 4.57 Å². The predicted octanol–water partition coefficient (Wildman–Crippen LogP) is 6.86. The van der Waals surface area contributed by atoms with E-state index in [0.29, 0.717) is 0 Å². The Hall–Kier alpha value is -2.02. The van der Waals surface area contributed by atoms with E-state index in [0.717, 1.165) is 12.1 Å². The van der Waals surface area contributed by atoms with Gasteiger partial charge in [-0.1, -0.05) is 76.8 Å². The molecule has 0 aliphatic heterocycles. The number of aryl methyl sites for hydroxylation is 1. The van der Waals surface area contributed by atoms with Gasteiger partial charge in [-0.25, -0.2) is 0 Å². The maximum absolute atomic E-state index is 3.92. The SMILES string of the molecule is C=C/C(=C\C=C/C)c1cn(CC)c2ccccc12.CC.CC. The first-order chi connectivity index (χ1) is 10.8. The highest BCUT2D eigenvalue weighted by atomic mass is 14.9. The standard InChI is InChI=1S/C17H19N.2C2H6/c1-4-7-10-14(5-2)16-13-18(6-3)17-12-9-8-11-15(16)17;2*1-2/h4-5,7-13H,2,6H2,1,3H3;2*1-2H3/b7-4-,14-10+;;. The van der Waals surface area contributed by atoms with E-state index in [1.807, 2.05) is 46.8 Å². The Morgan fingerprint density at radius 1 is 1.14 bits per heavy atom. The van der Waals surface area contributed by atoms with Crippen molar-refractivity contribution in [2.75, 3.05) is 0 Å². The van der Waals surface area contributed by atoms with Crippen LogP contribution in [0.5, 0.6) is 0 Å². The number of benzene rings is 1. The number of nitrogens with zero attached hydrogens (tertiary/aromatic N) is 1. The lowest BCUT2D eigenvalue weighted by molar-refractivity contribution is 0.797. The Kier molecular flexibility index (Phi) is 10.6. The van der Waals surface area contributed by atoms with Crippen LogP contribution in [-0.4, -0.2) is 4.57 Å². The summed E-state index contributed by atoms with van der Waals surface area (Å²) in [6, 6.07) is 8.51. The van der Waals surface area contributed by atoms with E-state index in [-0.39, 0.29) is 0 Å². The minimum Gasteiger partial charge on any atom is -0.347 e. The first kappa shape index (κ1) is 20.0. The zero-order valence-electron chi connectivity index (χ0n) is 15.1. The van der Waals surface area contributed by atoms with Crippen molar-refractivity contribution in [3.8, 4) is 0 Å². The molecule has 0 aliphatic carbocycles. The molecule has 0 fully saturated rings. The minimum atomic E-state index is 0.981. The van der Waals surface area contributed by atoms with Gasteiger partial charge >= 0.3 is 0 Å². The number of rotatable bonds is 4. The van der Waals surface area contributed by atoms with Gasteiger partial charge in [-0.3, -0.25) is 0 Å². The molecule has 0 N–H and O–H groups in total. The summed E-state index contributed by atoms with van der Waals surface area (Å²) in [7, 11) is 0. The van der Waals surface area contributed by atoms with Crippen LogP contribution in [0.15, 0.2) is 61.3 Å². The highest BCUT2D eigenvalue weighted by molar-refractivity contribution is 5.95. The molecular weight excluding hydrogens is 266 g/mol. The van der Waals surface area contributed by atoms with E-state index in [4.69, 9.17) is 0 Å². The average Bonchev–Trinajstić information content (AvgIpc) is 2.98. The molecule has 0 aliphatic rings. The third-order valence-corrected chi connectivity index (χ3v) is 3.13. The molecule has 0 atom stereocenters. The average molecular weight is 297 g/mol. The van der Waals surface area contributed by atoms with E-state index >= 15 is 0 Å². The van der Waals surface area contributed by atoms with Crippen molar-refractivity contribution in [3.05, 3.63) is 66.9 Å². The Labute approximate surface area is 136 Å². The second-order valence-corrected chi connectivity index (χ2v) is 4.20. The summed E-state index contributed by atoms with van der Waals surface area (Å²) in [6.45, 7) is 17.1. The first-order valence-corrected chi connectivity index (χ1v) is 8.35. The molecule has 0 bridgehead atoms. The second kappa shape index (κ2) is 11.6. The molecule has 1 aromatic carbocycles. The molecule has 22 heavy (non-hydrogen) atoms. The molecule has 1 heteroatoms. The maximum Gasteiger partial charge on any atom is 0.0486 e. The number of hydrogen-bond donors (Lipinski definition) is 0. The van der Waals surface area contributed by atoms with Gasteiger partial charge in [0.1, 0.15) is 0 Å². The van der Waals surface area contributed by atoms with Crippen LogP contribution in [0.2, 0.25) is 0 Å². The third kappa shape index (κ3) is 4.77. The summed E-state index contributed by atoms with van der Waals surface area (Å²) < 4.78 is 2.28. The fourth-order valence-electron chi connectivity index (χ4n) is 2.21. The largest absolute Gasteiger partial charge is 0.347 e. The molecule has 2 aromatic rings. The van der Waals surface area contributed by atoms with Gasteiger partial charge in [0, 0.05) is 29.2 Å². The fourth-order valence-corrected chi connectivity index (χ4v) is 2.21. The normalized spacial score (nSPS) is 10.7. The molecule has 1 nitrogen and oxygen atoms in total. The van der Waals surface area contributed by atoms with E-state index < -0.39 is 0 Å². The molecule has 2 rings (SSSR count). The van der Waals surface area contributed by atoms with Gasteiger partial charge in [0.15, 0.2) is 0 Å². The predicted molar refractivity (Wildman–Crippen MR) is 103 cm³/mol. The van der Waals surface area contributed by atoms with Gasteiger partial charge < -0.3 is 4.57 Å². The summed E-state index contributed by atoms with van der Waals surface area (Å²) in [6.07, 6.45) is 10.3. The van der Waals surface area contributed by atoms with Crippen LogP contribution in [0.4, 0.5) is 0 Å². The Morgan fingerprint density at radius 2 is 1.77 bits per heavy atom. The zero-order valence-corrected chi connectivity index (χ0v) is 15.1. The minimum absolute atomic E-state index is 0.981. The number of para-hydroxylation sites is 1. The summed E-state index contributed by atoms with van der Waals surface area (Å²) in [4.78, 5) is 0. The van der Waals surface area contributed by atoms with Gasteiger partial charge in [0.2, 0.25) is 0 Å². The third-order valence-electron chi connectivity index (χ3n) is 3.13. The molecule has 0 unspecified atom stereocenters. The molecule has 0 amide bonds. The summed E-state index contributed by atoms with van der Waals surface area (Å²) in [5.41, 5.74) is 3.69. The summed E-state index contributed by atoms with van der Waals surface area (Å²) in [5.74, 6) is 0. The first-order valence-electron chi connectivity index (χ1n) is 8.35. The van der Waals surface area contributed by atoms with Crippen LogP contribution in [0.1, 0.15) is 47.1 Å². The number of allylic oxidation sites excluding steroid dienone is 5. The fraction of sp³-hybridized carbons (Fsp3) is 0.333. The number of fused-ring (bicyclic) bond motifs is 1. The van der Waals surface area contributed by atoms with Gasteiger partial charge in [-0.2, -0.15) is 0 Å². The van der Waals surface area contributed by atoms with Crippen LogP contribution in [-0.2, 0) is 6.54 Å². The molecule has 120 valence electrons. The Bertz CT molecular complexity index is 612. The van der Waals surface area contributed by atoms with Gasteiger partial charge in [0.25, 0.3) is 0 Å². The monoisotopic (exact) mass is 297 g/mol. The summed E-state index contributed by atoms with van der Waals surface area (Å²) in [5, 5.41) is 1.29. The number of hydrogen-bond acceptors (Lipinski definition) is 0. The maximum atomic E-state index is 3.92. The lowest BCUT2D eigenvalue weighted by atomic mass is 10.0. The summed E-state index contributed by atoms with van der Waals surface area (Å²) >= 11 is 0. The lowest BCUT2D eigenvalue weighted by Crippen LogP contribution is -1.89. The van der Waals surface area contributed by atoms with Crippen LogP contribution in [0.3, 0.4) is 0 Å². The van der Waals surface area contributed by atoms with Crippen molar-refractivity contribution in [3.63, 3.8) is 0 Å². The van der Waals surface area contributed by atoms with E-state index in [1.165, 1.54) is 16.5 Å². The lowest BCUT2D eigenvalue weighted by Gasteiger charge is -1.98. The van der Waals surface area contributed by atoms with Crippen molar-refractivity contribution in [2.45, 2.75) is 48.1 Å². The van der Waals surface area contributed by atoms with Crippen LogP contribution in [0, 0.1) is 0 Å². The molecule has 0 radical (unpaired) electrons. The topological polar surface area (TPSA) is 4.93 Å². The molecule has 1 aromatic heterocycles. The Balaban J connectivity index is 0.00000102. The van der Waals surface area contributed by atoms with E-state index in [9.17, 15) is 0 Å². The van der Waals surface area contributed by atoms with Gasteiger partial charge in [-0.05, 0) is 25.5 Å². The van der Waals surface area contributed by atoms with Crippen molar-refractivity contribution < 1.29 is 0 Å². The van der Waals surface area contributed by atoms with Gasteiger partial charge in [-0.15, -0.1) is 0 Å². The highest BCUT2D eigenvalue weighted by Gasteiger charge is 2.08. The van der Waals surface area contributed by atoms with Gasteiger partial charge in [0.05, 0.1) is 0 Å². The zero-order chi connectivity index (χ0) is 17.0. The van der Waals surface area contributed by atoms with Crippen molar-refractivity contribution >= 4 is 16.5 Å². The van der Waals surface area contributed by atoms with Crippen LogP contribution in [0.25, 0.3) is 16.5 Å². The Morgan fingerprint density at radius 3 is 2.32 bits per heavy atom. The molecule has 0 spiro atoms. The van der Waals surface area contributed by atoms with Crippen molar-refractivity contribution in [2.24, 2.45) is 0 Å². The molecular formula is C21H31N. The second-order valence-electron chi connectivity index (χ2n) is 4.20. The molecule has 0 saturated carbocycles. The highest BCUT2D eigenvalue weighted by Crippen LogP contribution is 2.28.